The standard InChI is InChI=1S/C26H32N3PS/c1-20-16-25(24-10-3-4-11-26(24)28-20)21(2)29-13-7-8-22(17-29)18-31-19-27-23-9-5-6-14-30-15-12-23/h5-6,9-12,14-16,22,30H,2-4,7-8,13,17-19H2,1H3/b9-5?,14-6-,15-12?,27-23?. The number of aromatic nitrogens is 1. The molecule has 2 atom stereocenters. The zero-order valence-electron chi connectivity index (χ0n) is 18.4. The molecule has 0 aromatic carbocycles. The first-order chi connectivity index (χ1) is 15.2. The van der Waals surface area contributed by atoms with Crippen molar-refractivity contribution in [3.05, 3.63) is 70.4 Å². The van der Waals surface area contributed by atoms with Gasteiger partial charge in [-0.15, -0.1) is 11.8 Å². The normalized spacial score (nSPS) is 23.6. The van der Waals surface area contributed by atoms with E-state index in [-0.39, 0.29) is 0 Å². The maximum Gasteiger partial charge on any atom is 0.0851 e. The molecule has 0 radical (unpaired) electrons. The molecule has 162 valence electrons. The van der Waals surface area contributed by atoms with Crippen LogP contribution in [-0.4, -0.2) is 40.3 Å². The molecule has 0 N–H and O–H groups in total. The average molecular weight is 450 g/mol. The van der Waals surface area contributed by atoms with Gasteiger partial charge in [0.2, 0.25) is 0 Å². The highest BCUT2D eigenvalue weighted by Crippen LogP contribution is 2.26. The topological polar surface area (TPSA) is 28.5 Å². The summed E-state index contributed by atoms with van der Waals surface area (Å²) in [6.45, 7) is 8.81. The molecule has 0 saturated carbocycles. The number of hydrogen-bond acceptors (Lipinski definition) is 4. The van der Waals surface area contributed by atoms with Gasteiger partial charge in [0.25, 0.3) is 0 Å². The van der Waals surface area contributed by atoms with Crippen molar-refractivity contribution in [2.75, 3.05) is 24.7 Å². The van der Waals surface area contributed by atoms with Crippen molar-refractivity contribution in [2.24, 2.45) is 10.9 Å². The summed E-state index contributed by atoms with van der Waals surface area (Å²) < 4.78 is 0. The fraction of sp³-hybridized carbons (Fsp3) is 0.385. The minimum atomic E-state index is 0.692. The van der Waals surface area contributed by atoms with Crippen LogP contribution in [0.15, 0.2) is 53.6 Å². The lowest BCUT2D eigenvalue weighted by molar-refractivity contribution is 0.264. The molecule has 1 fully saturated rings. The van der Waals surface area contributed by atoms with Crippen molar-refractivity contribution in [1.82, 2.24) is 9.88 Å². The van der Waals surface area contributed by atoms with Crippen LogP contribution >= 0.6 is 20.3 Å². The molecule has 0 amide bonds. The molecule has 1 saturated heterocycles. The van der Waals surface area contributed by atoms with Gasteiger partial charge in [-0.1, -0.05) is 51.1 Å². The number of fused-ring (bicyclic) bond motifs is 1. The largest absolute Gasteiger partial charge is 0.371 e. The van der Waals surface area contributed by atoms with Gasteiger partial charge in [-0.2, -0.15) is 0 Å². The Morgan fingerprint density at radius 3 is 3.10 bits per heavy atom. The van der Waals surface area contributed by atoms with Crippen LogP contribution in [0.1, 0.15) is 36.9 Å². The zero-order valence-corrected chi connectivity index (χ0v) is 20.2. The van der Waals surface area contributed by atoms with Crippen LogP contribution in [0.2, 0.25) is 0 Å². The molecule has 0 spiro atoms. The maximum absolute atomic E-state index is 4.76. The Bertz CT molecular complexity index is 1050. The number of pyridine rings is 1. The first kappa shape index (κ1) is 22.3. The van der Waals surface area contributed by atoms with E-state index in [1.54, 1.807) is 0 Å². The van der Waals surface area contributed by atoms with E-state index >= 15 is 0 Å². The van der Waals surface area contributed by atoms with Crippen LogP contribution in [0.5, 0.6) is 0 Å². The van der Waals surface area contributed by atoms with Crippen molar-refractivity contribution >= 4 is 43.9 Å². The lowest BCUT2D eigenvalue weighted by atomic mass is 9.97. The van der Waals surface area contributed by atoms with Crippen molar-refractivity contribution in [1.29, 1.82) is 0 Å². The summed E-state index contributed by atoms with van der Waals surface area (Å²) >= 11 is 1.95. The molecular formula is C26H32N3PS. The minimum Gasteiger partial charge on any atom is -0.371 e. The molecule has 1 aromatic rings. The van der Waals surface area contributed by atoms with Crippen molar-refractivity contribution < 1.29 is 0 Å². The second-order valence-corrected chi connectivity index (χ2v) is 10.3. The second kappa shape index (κ2) is 11.1. The van der Waals surface area contributed by atoms with E-state index in [1.807, 2.05) is 11.8 Å². The number of aryl methyl sites for hydroxylation is 1. The predicted molar refractivity (Wildman–Crippen MR) is 140 cm³/mol. The third kappa shape index (κ3) is 6.08. The van der Waals surface area contributed by atoms with Gasteiger partial charge in [0.05, 0.1) is 16.9 Å². The fourth-order valence-electron chi connectivity index (χ4n) is 4.34. The van der Waals surface area contributed by atoms with Crippen LogP contribution in [0.25, 0.3) is 17.8 Å². The van der Waals surface area contributed by atoms with Crippen molar-refractivity contribution in [2.45, 2.75) is 32.6 Å². The molecule has 5 heteroatoms. The Kier molecular flexibility index (Phi) is 7.99. The number of rotatable bonds is 6. The van der Waals surface area contributed by atoms with Gasteiger partial charge in [-0.25, -0.2) is 0 Å². The highest BCUT2D eigenvalue weighted by Gasteiger charge is 2.22. The monoisotopic (exact) mass is 449 g/mol. The summed E-state index contributed by atoms with van der Waals surface area (Å²) in [4.78, 5) is 12.0. The van der Waals surface area contributed by atoms with Crippen LogP contribution in [0.4, 0.5) is 0 Å². The van der Waals surface area contributed by atoms with Gasteiger partial charge >= 0.3 is 0 Å². The highest BCUT2D eigenvalue weighted by molar-refractivity contribution is 7.99. The number of nitrogens with zero attached hydrogens (tertiary/aromatic N) is 3. The van der Waals surface area contributed by atoms with Gasteiger partial charge < -0.3 is 4.90 Å². The van der Waals surface area contributed by atoms with Crippen LogP contribution < -0.4 is 10.6 Å². The lowest BCUT2D eigenvalue weighted by Crippen LogP contribution is -2.39. The lowest BCUT2D eigenvalue weighted by Gasteiger charge is -2.36. The summed E-state index contributed by atoms with van der Waals surface area (Å²) in [5.41, 5.74) is 4.60. The van der Waals surface area contributed by atoms with E-state index in [1.165, 1.54) is 29.3 Å². The number of aliphatic imine (C=N–C) groups is 1. The molecule has 1 aromatic heterocycles. The summed E-state index contributed by atoms with van der Waals surface area (Å²) in [5, 5.41) is 2.42. The van der Waals surface area contributed by atoms with Gasteiger partial charge in [0.1, 0.15) is 0 Å². The van der Waals surface area contributed by atoms with Gasteiger partial charge in [0.15, 0.2) is 0 Å². The van der Waals surface area contributed by atoms with Crippen LogP contribution in [0.3, 0.4) is 0 Å². The Labute approximate surface area is 192 Å². The van der Waals surface area contributed by atoms with E-state index in [0.29, 0.717) is 5.92 Å². The molecule has 2 aliphatic heterocycles. The van der Waals surface area contributed by atoms with E-state index in [2.05, 4.69) is 72.6 Å². The van der Waals surface area contributed by atoms with Gasteiger partial charge in [-0.3, -0.25) is 9.98 Å². The third-order valence-electron chi connectivity index (χ3n) is 5.89. The number of allylic oxidation sites excluding steroid dienone is 4. The fourth-order valence-corrected chi connectivity index (χ4v) is 5.89. The molecule has 31 heavy (non-hydrogen) atoms. The zero-order chi connectivity index (χ0) is 21.5. The molecule has 0 bridgehead atoms. The molecule has 2 unspecified atom stereocenters. The SMILES string of the molecule is C=C(c1cc(C)nc2c1=CCCC=2)N1CCCC(CSCN=C2C=C/C=C\PC=C2)C1. The summed E-state index contributed by atoms with van der Waals surface area (Å²) in [6, 6.07) is 2.22. The molecular weight excluding hydrogens is 417 g/mol. The number of likely N-dealkylation sites (tertiary alicyclic amines) is 1. The highest BCUT2D eigenvalue weighted by atomic mass is 32.2. The second-order valence-electron chi connectivity index (χ2n) is 8.30. The maximum atomic E-state index is 4.76. The summed E-state index contributed by atoms with van der Waals surface area (Å²) in [5.74, 6) is 7.06. The first-order valence-corrected chi connectivity index (χ1v) is 13.5. The number of hydrogen-bond donors (Lipinski definition) is 0. The number of piperidine rings is 1. The smallest absolute Gasteiger partial charge is 0.0851 e. The molecule has 3 aliphatic rings. The molecule has 3 nitrogen and oxygen atoms in total. The Balaban J connectivity index is 1.36. The van der Waals surface area contributed by atoms with Gasteiger partial charge in [-0.05, 0) is 62.5 Å². The predicted octanol–water partition coefficient (Wildman–Crippen LogP) is 4.83. The molecule has 4 rings (SSSR count). The van der Waals surface area contributed by atoms with Crippen LogP contribution in [-0.2, 0) is 0 Å². The van der Waals surface area contributed by atoms with E-state index in [4.69, 9.17) is 9.98 Å². The van der Waals surface area contributed by atoms with E-state index in [9.17, 15) is 0 Å². The Morgan fingerprint density at radius 2 is 2.16 bits per heavy atom. The third-order valence-corrected chi connectivity index (χ3v) is 7.66. The number of thioether (sulfide) groups is 1. The van der Waals surface area contributed by atoms with Crippen LogP contribution in [0, 0.1) is 12.8 Å². The average Bonchev–Trinajstić information content (AvgIpc) is 2.77. The molecule has 3 heterocycles. The minimum absolute atomic E-state index is 0.692. The van der Waals surface area contributed by atoms with E-state index < -0.39 is 0 Å². The quantitative estimate of drug-likeness (QED) is 0.460. The summed E-state index contributed by atoms with van der Waals surface area (Å²) in [6.07, 6.45) is 17.7. The van der Waals surface area contributed by atoms with Gasteiger partial charge in [0, 0.05) is 35.3 Å². The molecule has 1 aliphatic carbocycles. The van der Waals surface area contributed by atoms with E-state index in [0.717, 1.165) is 62.9 Å². The van der Waals surface area contributed by atoms with Crippen molar-refractivity contribution in [3.8, 4) is 0 Å². The first-order valence-electron chi connectivity index (χ1n) is 11.2. The summed E-state index contributed by atoms with van der Waals surface area (Å²) in [7, 11) is 0.746. The Morgan fingerprint density at radius 1 is 1.26 bits per heavy atom. The Hall–Kier alpha value is -1.90. The van der Waals surface area contributed by atoms with Crippen molar-refractivity contribution in [3.63, 3.8) is 0 Å².